The molecule has 6 nitrogen and oxygen atoms in total. The molecule has 2 rings (SSSR count). The van der Waals surface area contributed by atoms with Gasteiger partial charge >= 0.3 is 0 Å². The summed E-state index contributed by atoms with van der Waals surface area (Å²) >= 11 is 1.52. The highest BCUT2D eigenvalue weighted by atomic mass is 32.1. The number of nitrogens with zero attached hydrogens (tertiary/aromatic N) is 3. The predicted octanol–water partition coefficient (Wildman–Crippen LogP) is 2.81. The Bertz CT molecular complexity index is 654. The van der Waals surface area contributed by atoms with Crippen molar-refractivity contribution in [2.24, 2.45) is 0 Å². The maximum absolute atomic E-state index is 11.1. The summed E-state index contributed by atoms with van der Waals surface area (Å²) in [7, 11) is 1.78. The Hall–Kier alpha value is -2.28. The first-order valence-corrected chi connectivity index (χ1v) is 6.74. The lowest BCUT2D eigenvalue weighted by atomic mass is 10.1. The number of hydrogen-bond acceptors (Lipinski definition) is 6. The van der Waals surface area contributed by atoms with E-state index >= 15 is 0 Å². The number of thiazole rings is 1. The minimum atomic E-state index is -0.474. The highest BCUT2D eigenvalue weighted by Gasteiger charge is 2.18. The van der Waals surface area contributed by atoms with Gasteiger partial charge in [-0.1, -0.05) is 0 Å². The smallest absolute Gasteiger partial charge is 0.293 e. The Balaban J connectivity index is 2.34. The number of carbonyl (C=O) groups excluding carboxylic acids is 1. The van der Waals surface area contributed by atoms with Crippen LogP contribution in [0.3, 0.4) is 0 Å². The van der Waals surface area contributed by atoms with Crippen LogP contribution >= 0.6 is 11.3 Å². The molecule has 0 aliphatic carbocycles. The molecule has 1 heterocycles. The Morgan fingerprint density at radius 2 is 2.25 bits per heavy atom. The quantitative estimate of drug-likeness (QED) is 0.481. The zero-order valence-corrected chi connectivity index (χ0v) is 11.9. The second-order valence-corrected chi connectivity index (χ2v) is 5.28. The largest absolute Gasteiger partial charge is 0.364 e. The molecule has 0 aliphatic heterocycles. The van der Waals surface area contributed by atoms with E-state index in [1.807, 2.05) is 6.92 Å². The van der Waals surface area contributed by atoms with Crippen molar-refractivity contribution in [3.63, 3.8) is 0 Å². The number of aromatic nitrogens is 1. The van der Waals surface area contributed by atoms with E-state index in [2.05, 4.69) is 4.98 Å². The molecular formula is C13H13N3O3S. The van der Waals surface area contributed by atoms with Gasteiger partial charge in [-0.15, -0.1) is 11.3 Å². The van der Waals surface area contributed by atoms with Gasteiger partial charge in [-0.05, 0) is 19.1 Å². The van der Waals surface area contributed by atoms with E-state index in [1.165, 1.54) is 17.4 Å². The second kappa shape index (κ2) is 5.79. The molecule has 0 saturated carbocycles. The summed E-state index contributed by atoms with van der Waals surface area (Å²) in [6, 6.07) is 4.46. The predicted molar refractivity (Wildman–Crippen MR) is 77.4 cm³/mol. The van der Waals surface area contributed by atoms with Gasteiger partial charge in [-0.3, -0.25) is 14.9 Å². The van der Waals surface area contributed by atoms with Gasteiger partial charge in [0.05, 0.1) is 22.7 Å². The minimum absolute atomic E-state index is 0.0701. The van der Waals surface area contributed by atoms with Crippen LogP contribution in [0.5, 0.6) is 0 Å². The highest BCUT2D eigenvalue weighted by molar-refractivity contribution is 7.09. The Morgan fingerprint density at radius 3 is 2.80 bits per heavy atom. The topological polar surface area (TPSA) is 76.3 Å². The minimum Gasteiger partial charge on any atom is -0.364 e. The molecule has 0 N–H and O–H groups in total. The molecule has 0 atom stereocenters. The van der Waals surface area contributed by atoms with Crippen LogP contribution in [0.15, 0.2) is 23.7 Å². The Kier molecular flexibility index (Phi) is 4.09. The molecule has 20 heavy (non-hydrogen) atoms. The number of anilines is 1. The van der Waals surface area contributed by atoms with Crippen LogP contribution in [0.1, 0.15) is 20.9 Å². The third-order valence-electron chi connectivity index (χ3n) is 2.97. The molecule has 0 fully saturated rings. The molecule has 7 heteroatoms. The van der Waals surface area contributed by atoms with Crippen molar-refractivity contribution < 1.29 is 9.72 Å². The van der Waals surface area contributed by atoms with Crippen molar-refractivity contribution in [2.45, 2.75) is 13.5 Å². The number of hydrogen-bond donors (Lipinski definition) is 0. The zero-order chi connectivity index (χ0) is 14.7. The average molecular weight is 291 g/mol. The van der Waals surface area contributed by atoms with Gasteiger partial charge in [0.15, 0.2) is 0 Å². The van der Waals surface area contributed by atoms with Crippen molar-refractivity contribution in [3.05, 3.63) is 50.0 Å². The van der Waals surface area contributed by atoms with Crippen LogP contribution in [-0.2, 0) is 6.54 Å². The first kappa shape index (κ1) is 14.1. The summed E-state index contributed by atoms with van der Waals surface area (Å²) in [4.78, 5) is 28.4. The number of aryl methyl sites for hydroxylation is 1. The molecule has 1 aromatic carbocycles. The monoisotopic (exact) mass is 291 g/mol. The van der Waals surface area contributed by atoms with Gasteiger partial charge in [-0.25, -0.2) is 4.98 Å². The lowest BCUT2D eigenvalue weighted by molar-refractivity contribution is -0.384. The van der Waals surface area contributed by atoms with Crippen LogP contribution < -0.4 is 4.90 Å². The van der Waals surface area contributed by atoms with Crippen molar-refractivity contribution >= 4 is 29.0 Å². The van der Waals surface area contributed by atoms with Crippen LogP contribution in [0.25, 0.3) is 0 Å². The summed E-state index contributed by atoms with van der Waals surface area (Å²) in [5, 5.41) is 11.1. The van der Waals surface area contributed by atoms with Crippen LogP contribution in [0, 0.1) is 17.0 Å². The van der Waals surface area contributed by atoms with Gasteiger partial charge in [0, 0.05) is 23.6 Å². The van der Waals surface area contributed by atoms with Gasteiger partial charge in [0.25, 0.3) is 5.69 Å². The zero-order valence-electron chi connectivity index (χ0n) is 11.1. The maximum atomic E-state index is 11.1. The van der Waals surface area contributed by atoms with E-state index in [9.17, 15) is 14.9 Å². The lowest BCUT2D eigenvalue weighted by Gasteiger charge is -2.18. The average Bonchev–Trinajstić information content (AvgIpc) is 2.83. The molecule has 0 spiro atoms. The Labute approximate surface area is 119 Å². The number of aldehydes is 1. The van der Waals surface area contributed by atoms with E-state index in [0.717, 1.165) is 10.6 Å². The number of nitro benzene ring substituents is 1. The van der Waals surface area contributed by atoms with Gasteiger partial charge < -0.3 is 4.90 Å². The molecular weight excluding hydrogens is 278 g/mol. The van der Waals surface area contributed by atoms with Gasteiger partial charge in [0.2, 0.25) is 0 Å². The first-order chi connectivity index (χ1) is 9.52. The molecule has 0 radical (unpaired) electrons. The molecule has 104 valence electrons. The molecule has 1 aromatic heterocycles. The number of carbonyl (C=O) groups is 1. The molecule has 0 bridgehead atoms. The number of rotatable bonds is 5. The van der Waals surface area contributed by atoms with Crippen molar-refractivity contribution in [1.29, 1.82) is 0 Å². The molecule has 0 saturated heterocycles. The molecule has 0 unspecified atom stereocenters. The third-order valence-corrected chi connectivity index (χ3v) is 3.89. The maximum Gasteiger partial charge on any atom is 0.293 e. The molecule has 2 aromatic rings. The first-order valence-electron chi connectivity index (χ1n) is 5.86. The summed E-state index contributed by atoms with van der Waals surface area (Å²) in [5.41, 5.74) is 3.38. The SMILES string of the molecule is Cc1ncsc1CN(C)c1ccc(C=O)cc1[N+](=O)[O-]. The van der Waals surface area contributed by atoms with E-state index in [1.54, 1.807) is 29.6 Å². The molecule has 0 aliphatic rings. The fourth-order valence-electron chi connectivity index (χ4n) is 1.86. The van der Waals surface area contributed by atoms with Gasteiger partial charge in [-0.2, -0.15) is 0 Å². The van der Waals surface area contributed by atoms with Gasteiger partial charge in [0.1, 0.15) is 12.0 Å². The molecule has 0 amide bonds. The number of benzene rings is 1. The van der Waals surface area contributed by atoms with Crippen molar-refractivity contribution in [2.75, 3.05) is 11.9 Å². The van der Waals surface area contributed by atoms with E-state index in [0.29, 0.717) is 24.1 Å². The summed E-state index contributed by atoms with van der Waals surface area (Å²) in [5.74, 6) is 0. The van der Waals surface area contributed by atoms with E-state index < -0.39 is 4.92 Å². The van der Waals surface area contributed by atoms with E-state index in [-0.39, 0.29) is 5.69 Å². The van der Waals surface area contributed by atoms with Crippen molar-refractivity contribution in [1.82, 2.24) is 4.98 Å². The summed E-state index contributed by atoms with van der Waals surface area (Å²) in [6.07, 6.45) is 0.601. The Morgan fingerprint density at radius 1 is 1.50 bits per heavy atom. The lowest BCUT2D eigenvalue weighted by Crippen LogP contribution is -2.17. The fourth-order valence-corrected chi connectivity index (χ4v) is 2.69. The van der Waals surface area contributed by atoms with Crippen molar-refractivity contribution in [3.8, 4) is 0 Å². The number of nitro groups is 1. The normalized spacial score (nSPS) is 10.3. The van der Waals surface area contributed by atoms with Crippen LogP contribution in [0.4, 0.5) is 11.4 Å². The summed E-state index contributed by atoms with van der Waals surface area (Å²) < 4.78 is 0. The fraction of sp³-hybridized carbons (Fsp3) is 0.231. The van der Waals surface area contributed by atoms with Crippen LogP contribution in [-0.4, -0.2) is 23.2 Å². The van der Waals surface area contributed by atoms with Crippen LogP contribution in [0.2, 0.25) is 0 Å². The standard InChI is InChI=1S/C13H13N3O3S/c1-9-13(20-8-14-9)6-15(2)11-4-3-10(7-17)5-12(11)16(18)19/h3-5,7-8H,6H2,1-2H3. The third kappa shape index (κ3) is 2.83. The highest BCUT2D eigenvalue weighted by Crippen LogP contribution is 2.30. The second-order valence-electron chi connectivity index (χ2n) is 4.34. The summed E-state index contributed by atoms with van der Waals surface area (Å²) in [6.45, 7) is 2.45. The van der Waals surface area contributed by atoms with E-state index in [4.69, 9.17) is 0 Å².